The van der Waals surface area contributed by atoms with Gasteiger partial charge in [-0.05, 0) is 72.5 Å². The van der Waals surface area contributed by atoms with Crippen molar-refractivity contribution >= 4 is 33.0 Å². The molecule has 3 aromatic rings. The summed E-state index contributed by atoms with van der Waals surface area (Å²) < 4.78 is 38.0. The number of amides is 2. The Bertz CT molecular complexity index is 1450. The van der Waals surface area contributed by atoms with Gasteiger partial charge in [-0.3, -0.25) is 9.59 Å². The van der Waals surface area contributed by atoms with Crippen LogP contribution in [-0.4, -0.2) is 56.9 Å². The second kappa shape index (κ2) is 13.4. The minimum atomic E-state index is -3.91. The predicted molar refractivity (Wildman–Crippen MR) is 160 cm³/mol. The van der Waals surface area contributed by atoms with Crippen molar-refractivity contribution in [2.75, 3.05) is 25.4 Å². The van der Waals surface area contributed by atoms with Crippen LogP contribution in [0.5, 0.6) is 11.5 Å². The van der Waals surface area contributed by atoms with Gasteiger partial charge in [-0.2, -0.15) is 0 Å². The van der Waals surface area contributed by atoms with Crippen molar-refractivity contribution in [2.24, 2.45) is 0 Å². The molecule has 0 bridgehead atoms. The normalized spacial score (nSPS) is 22.2. The molecule has 9 nitrogen and oxygen atoms in total. The summed E-state index contributed by atoms with van der Waals surface area (Å²) in [7, 11) is -3.91. The number of nitrogens with zero attached hydrogens (tertiary/aromatic N) is 1. The van der Waals surface area contributed by atoms with Crippen molar-refractivity contribution in [1.82, 2.24) is 10.4 Å². The molecular weight excluding hydrogens is 576 g/mol. The molecule has 2 saturated heterocycles. The summed E-state index contributed by atoms with van der Waals surface area (Å²) in [5, 5.41) is 1.81. The van der Waals surface area contributed by atoms with Crippen LogP contribution in [0, 0.1) is 0 Å². The smallest absolute Gasteiger partial charge is 0.263 e. The average Bonchev–Trinajstić information content (AvgIpc) is 3.51. The topological polar surface area (TPSA) is 111 Å². The molecule has 0 spiro atoms. The van der Waals surface area contributed by atoms with Crippen molar-refractivity contribution in [1.29, 1.82) is 0 Å². The fourth-order valence-corrected chi connectivity index (χ4v) is 8.17. The summed E-state index contributed by atoms with van der Waals surface area (Å²) in [5.74, 6) is 0.159. The average molecular weight is 613 g/mol. The lowest BCUT2D eigenvalue weighted by atomic mass is 9.90. The standard InChI is InChI=1S/C31H36N2O7S2/c1-2-23-8-12-25(13-9-23)39-26-14-10-24(11-15-26)31(22-28(34)32-40-29-7-3-4-19-38-29)16-17-33(18-21-42(31,36)37)30(35)27-6-5-20-41-27/h5-6,8-15,20,29H,2-4,7,16-19,21-22H2,1H3,(H,32,34). The number of benzene rings is 2. The fraction of sp³-hybridized carbons (Fsp3) is 0.419. The number of hydroxylamine groups is 1. The van der Waals surface area contributed by atoms with Gasteiger partial charge >= 0.3 is 0 Å². The molecule has 2 aromatic carbocycles. The lowest BCUT2D eigenvalue weighted by Crippen LogP contribution is -2.43. The minimum absolute atomic E-state index is 0.0454. The summed E-state index contributed by atoms with van der Waals surface area (Å²) in [6, 6.07) is 18.1. The first-order valence-corrected chi connectivity index (χ1v) is 16.8. The van der Waals surface area contributed by atoms with E-state index in [9.17, 15) is 18.0 Å². The Labute approximate surface area is 250 Å². The summed E-state index contributed by atoms with van der Waals surface area (Å²) in [5.41, 5.74) is 4.09. The Balaban J connectivity index is 1.40. The van der Waals surface area contributed by atoms with Gasteiger partial charge in [0.05, 0.1) is 17.1 Å². The van der Waals surface area contributed by atoms with Gasteiger partial charge < -0.3 is 14.4 Å². The van der Waals surface area contributed by atoms with Crippen molar-refractivity contribution in [2.45, 2.75) is 56.5 Å². The Hall–Kier alpha value is -3.25. The number of carbonyl (C=O) groups is 2. The van der Waals surface area contributed by atoms with Crippen LogP contribution in [0.2, 0.25) is 0 Å². The largest absolute Gasteiger partial charge is 0.457 e. The van der Waals surface area contributed by atoms with E-state index in [0.29, 0.717) is 35.0 Å². The summed E-state index contributed by atoms with van der Waals surface area (Å²) >= 11 is 1.32. The van der Waals surface area contributed by atoms with Crippen LogP contribution in [0.4, 0.5) is 0 Å². The van der Waals surface area contributed by atoms with Crippen LogP contribution < -0.4 is 10.2 Å². The van der Waals surface area contributed by atoms with Crippen LogP contribution in [0.25, 0.3) is 0 Å². The third kappa shape index (κ3) is 6.86. The maximum Gasteiger partial charge on any atom is 0.263 e. The molecule has 2 amide bonds. The number of hydrogen-bond donors (Lipinski definition) is 1. The molecule has 2 aliphatic rings. The zero-order chi connectivity index (χ0) is 29.6. The molecule has 5 rings (SSSR count). The number of nitrogens with one attached hydrogen (secondary N) is 1. The first-order valence-electron chi connectivity index (χ1n) is 14.3. The summed E-state index contributed by atoms with van der Waals surface area (Å²) in [6.45, 7) is 2.85. The van der Waals surface area contributed by atoms with Gasteiger partial charge in [-0.25, -0.2) is 18.7 Å². The van der Waals surface area contributed by atoms with Gasteiger partial charge in [0.2, 0.25) is 5.91 Å². The number of ether oxygens (including phenoxy) is 2. The van der Waals surface area contributed by atoms with E-state index in [-0.39, 0.29) is 37.6 Å². The lowest BCUT2D eigenvalue weighted by molar-refractivity contribution is -0.200. The van der Waals surface area contributed by atoms with Crippen molar-refractivity contribution in [3.05, 3.63) is 82.0 Å². The zero-order valence-corrected chi connectivity index (χ0v) is 25.3. The van der Waals surface area contributed by atoms with Crippen LogP contribution >= 0.6 is 11.3 Å². The Morgan fingerprint density at radius 1 is 1.05 bits per heavy atom. The van der Waals surface area contributed by atoms with Crippen molar-refractivity contribution in [3.63, 3.8) is 0 Å². The second-order valence-corrected chi connectivity index (χ2v) is 13.9. The van der Waals surface area contributed by atoms with Crippen LogP contribution in [0.3, 0.4) is 0 Å². The van der Waals surface area contributed by atoms with Crippen molar-refractivity contribution < 1.29 is 32.3 Å². The fourth-order valence-electron chi connectivity index (χ4n) is 5.38. The molecule has 42 heavy (non-hydrogen) atoms. The maximum absolute atomic E-state index is 14.0. The van der Waals surface area contributed by atoms with Gasteiger partial charge in [0, 0.05) is 26.1 Å². The van der Waals surface area contributed by atoms with E-state index in [0.717, 1.165) is 19.3 Å². The molecule has 1 aromatic heterocycles. The Morgan fingerprint density at radius 2 is 1.79 bits per heavy atom. The van der Waals surface area contributed by atoms with E-state index >= 15 is 0 Å². The summed E-state index contributed by atoms with van der Waals surface area (Å²) in [4.78, 5) is 34.0. The molecule has 1 N–H and O–H groups in total. The maximum atomic E-state index is 14.0. The van der Waals surface area contributed by atoms with E-state index in [2.05, 4.69) is 12.4 Å². The number of hydrogen-bond acceptors (Lipinski definition) is 8. The molecule has 11 heteroatoms. The van der Waals surface area contributed by atoms with Crippen molar-refractivity contribution in [3.8, 4) is 11.5 Å². The molecule has 3 heterocycles. The van der Waals surface area contributed by atoms with Gasteiger partial charge in [0.1, 0.15) is 16.2 Å². The monoisotopic (exact) mass is 612 g/mol. The van der Waals surface area contributed by atoms with E-state index in [1.165, 1.54) is 16.9 Å². The van der Waals surface area contributed by atoms with Crippen LogP contribution in [0.1, 0.15) is 59.8 Å². The van der Waals surface area contributed by atoms with Crippen LogP contribution in [0.15, 0.2) is 66.0 Å². The van der Waals surface area contributed by atoms with Gasteiger partial charge in [0.15, 0.2) is 16.1 Å². The first-order chi connectivity index (χ1) is 20.3. The molecule has 2 fully saturated rings. The molecule has 2 unspecified atom stereocenters. The highest BCUT2D eigenvalue weighted by molar-refractivity contribution is 7.92. The highest BCUT2D eigenvalue weighted by Gasteiger charge is 2.49. The molecule has 2 atom stereocenters. The molecule has 2 aliphatic heterocycles. The van der Waals surface area contributed by atoms with Gasteiger partial charge in [-0.15, -0.1) is 11.3 Å². The minimum Gasteiger partial charge on any atom is -0.457 e. The highest BCUT2D eigenvalue weighted by atomic mass is 32.2. The second-order valence-electron chi connectivity index (χ2n) is 10.6. The number of aryl methyl sites for hydroxylation is 1. The third-order valence-electron chi connectivity index (χ3n) is 7.87. The lowest BCUT2D eigenvalue weighted by Gasteiger charge is -2.32. The number of thiophene rings is 1. The quantitative estimate of drug-likeness (QED) is 0.330. The molecule has 224 valence electrons. The number of rotatable bonds is 9. The summed E-state index contributed by atoms with van der Waals surface area (Å²) in [6.07, 6.45) is 2.55. The number of sulfone groups is 1. The van der Waals surface area contributed by atoms with E-state index in [1.54, 1.807) is 41.3 Å². The SMILES string of the molecule is CCc1ccc(Oc2ccc(C3(CC(=O)NOC4CCCCO4)CCN(C(=O)c4cccs4)CCS3(=O)=O)cc2)cc1. The molecule has 0 radical (unpaired) electrons. The Morgan fingerprint density at radius 3 is 2.43 bits per heavy atom. The third-order valence-corrected chi connectivity index (χ3v) is 11.2. The first kappa shape index (κ1) is 30.2. The van der Waals surface area contributed by atoms with E-state index in [4.69, 9.17) is 14.3 Å². The molecule has 0 aliphatic carbocycles. The Kier molecular flexibility index (Phi) is 9.62. The predicted octanol–water partition coefficient (Wildman–Crippen LogP) is 5.22. The van der Waals surface area contributed by atoms with Crippen LogP contribution in [-0.2, 0) is 35.4 Å². The van der Waals surface area contributed by atoms with Gasteiger partial charge in [0.25, 0.3) is 5.91 Å². The molecular formula is C31H36N2O7S2. The van der Waals surface area contributed by atoms with Gasteiger partial charge in [-0.1, -0.05) is 37.3 Å². The zero-order valence-electron chi connectivity index (χ0n) is 23.6. The molecule has 0 saturated carbocycles. The van der Waals surface area contributed by atoms with E-state index in [1.807, 2.05) is 29.6 Å². The number of carbonyl (C=O) groups excluding carboxylic acids is 2. The highest BCUT2D eigenvalue weighted by Crippen LogP contribution is 2.41. The van der Waals surface area contributed by atoms with E-state index < -0.39 is 26.8 Å².